The third-order valence-electron chi connectivity index (χ3n) is 4.54. The molecule has 1 amide bonds. The highest BCUT2D eigenvalue weighted by Gasteiger charge is 2.43. The van der Waals surface area contributed by atoms with E-state index in [2.05, 4.69) is 9.88 Å². The molecule has 3 aliphatic rings. The number of aromatic nitrogens is 1. The van der Waals surface area contributed by atoms with Crippen molar-refractivity contribution in [3.8, 4) is 0 Å². The number of fused-ring (bicyclic) bond motifs is 3. The van der Waals surface area contributed by atoms with Crippen LogP contribution in [0.3, 0.4) is 0 Å². The molecule has 9 heteroatoms. The molecule has 2 unspecified atom stereocenters. The summed E-state index contributed by atoms with van der Waals surface area (Å²) in [4.78, 5) is 30.8. The Morgan fingerprint density at radius 2 is 2.00 bits per heavy atom. The third kappa shape index (κ3) is 3.45. The first-order valence-electron chi connectivity index (χ1n) is 8.33. The minimum absolute atomic E-state index is 0.0399. The summed E-state index contributed by atoms with van der Waals surface area (Å²) in [5, 5.41) is 10.9. The first-order chi connectivity index (χ1) is 11.7. The highest BCUT2D eigenvalue weighted by molar-refractivity contribution is 5.70. The summed E-state index contributed by atoms with van der Waals surface area (Å²) in [5.41, 5.74) is 4.99. The molecule has 2 N–H and O–H groups in total. The Labute approximate surface area is 145 Å². The van der Waals surface area contributed by atoms with Gasteiger partial charge in [0.05, 0.1) is 11.0 Å². The summed E-state index contributed by atoms with van der Waals surface area (Å²) in [6, 6.07) is 3.14. The summed E-state index contributed by atoms with van der Waals surface area (Å²) >= 11 is 0. The first kappa shape index (κ1) is 17.2. The second-order valence-corrected chi connectivity index (χ2v) is 7.50. The van der Waals surface area contributed by atoms with E-state index in [1.807, 2.05) is 20.8 Å². The van der Waals surface area contributed by atoms with Gasteiger partial charge < -0.3 is 20.3 Å². The normalized spacial score (nSPS) is 22.8. The molecule has 4 heterocycles. The van der Waals surface area contributed by atoms with Crippen LogP contribution in [0.25, 0.3) is 0 Å². The number of amides is 1. The van der Waals surface area contributed by atoms with Crippen molar-refractivity contribution >= 4 is 23.4 Å². The number of ether oxygens (including phenoxy) is 1. The van der Waals surface area contributed by atoms with Crippen LogP contribution in [-0.2, 0) is 4.74 Å². The number of nitrogens with zero attached hydrogens (tertiary/aromatic N) is 4. The number of carbonyl (C=O) groups is 1. The van der Waals surface area contributed by atoms with Crippen LogP contribution in [0.4, 0.5) is 22.1 Å². The fourth-order valence-electron chi connectivity index (χ4n) is 3.42. The molecular weight excluding hydrogens is 326 g/mol. The Morgan fingerprint density at radius 1 is 1.32 bits per heavy atom. The molecule has 25 heavy (non-hydrogen) atoms. The molecule has 0 spiro atoms. The second kappa shape index (κ2) is 6.05. The highest BCUT2D eigenvalue weighted by Crippen LogP contribution is 2.34. The van der Waals surface area contributed by atoms with Crippen molar-refractivity contribution in [2.75, 3.05) is 23.7 Å². The van der Waals surface area contributed by atoms with Crippen molar-refractivity contribution in [2.45, 2.75) is 51.3 Å². The minimum atomic E-state index is -0.543. The topological polar surface area (TPSA) is 115 Å². The van der Waals surface area contributed by atoms with E-state index in [9.17, 15) is 14.9 Å². The number of piperazine rings is 1. The van der Waals surface area contributed by atoms with Crippen molar-refractivity contribution in [3.05, 3.63) is 22.2 Å². The van der Waals surface area contributed by atoms with E-state index >= 15 is 0 Å². The lowest BCUT2D eigenvalue weighted by Gasteiger charge is -2.51. The minimum Gasteiger partial charge on any atom is -0.444 e. The monoisotopic (exact) mass is 349 g/mol. The Bertz CT molecular complexity index is 702. The van der Waals surface area contributed by atoms with Gasteiger partial charge in [-0.2, -0.15) is 0 Å². The molecule has 3 aliphatic heterocycles. The molecule has 3 saturated heterocycles. The standard InChI is InChI=1S/C16H23N5O4/c1-16(2,3)25-15(22)20-9-10-4-5-11(20)8-19(10)13-7-6-12(21(23)24)14(17)18-13/h6-7,10-11H,4-5,8-9H2,1-3H3,(H2,17,18). The largest absolute Gasteiger partial charge is 0.444 e. The van der Waals surface area contributed by atoms with Crippen LogP contribution in [0.5, 0.6) is 0 Å². The van der Waals surface area contributed by atoms with Crippen molar-refractivity contribution in [1.29, 1.82) is 0 Å². The van der Waals surface area contributed by atoms with Crippen LogP contribution < -0.4 is 10.6 Å². The van der Waals surface area contributed by atoms with Crippen LogP contribution in [0, 0.1) is 10.1 Å². The maximum Gasteiger partial charge on any atom is 0.410 e. The lowest BCUT2D eigenvalue weighted by atomic mass is 9.91. The van der Waals surface area contributed by atoms with E-state index in [0.717, 1.165) is 12.8 Å². The molecule has 1 aromatic rings. The molecule has 9 nitrogen and oxygen atoms in total. The van der Waals surface area contributed by atoms with Crippen molar-refractivity contribution in [2.24, 2.45) is 0 Å². The summed E-state index contributed by atoms with van der Waals surface area (Å²) in [6.45, 7) is 6.72. The van der Waals surface area contributed by atoms with Gasteiger partial charge in [-0.05, 0) is 39.7 Å². The average molecular weight is 349 g/mol. The first-order valence-corrected chi connectivity index (χ1v) is 8.33. The number of nitrogens with two attached hydrogens (primary N) is 1. The molecule has 2 atom stereocenters. The number of carbonyl (C=O) groups excluding carboxylic acids is 1. The molecule has 0 aromatic carbocycles. The Morgan fingerprint density at radius 3 is 2.52 bits per heavy atom. The summed E-state index contributed by atoms with van der Waals surface area (Å²) in [7, 11) is 0. The van der Waals surface area contributed by atoms with Gasteiger partial charge in [-0.3, -0.25) is 10.1 Å². The molecular formula is C16H23N5O4. The van der Waals surface area contributed by atoms with Gasteiger partial charge in [0.15, 0.2) is 0 Å². The van der Waals surface area contributed by atoms with Crippen LogP contribution >= 0.6 is 0 Å². The predicted octanol–water partition coefficient (Wildman–Crippen LogP) is 2.16. The molecule has 0 aliphatic carbocycles. The highest BCUT2D eigenvalue weighted by atomic mass is 16.6. The van der Waals surface area contributed by atoms with E-state index in [1.54, 1.807) is 11.0 Å². The van der Waals surface area contributed by atoms with Crippen molar-refractivity contribution in [1.82, 2.24) is 9.88 Å². The molecule has 2 bridgehead atoms. The fourth-order valence-corrected chi connectivity index (χ4v) is 3.42. The number of hydrogen-bond acceptors (Lipinski definition) is 7. The van der Waals surface area contributed by atoms with Gasteiger partial charge in [-0.25, -0.2) is 9.78 Å². The lowest BCUT2D eigenvalue weighted by Crippen LogP contribution is -2.64. The number of anilines is 2. The van der Waals surface area contributed by atoms with E-state index < -0.39 is 10.5 Å². The molecule has 0 radical (unpaired) electrons. The third-order valence-corrected chi connectivity index (χ3v) is 4.54. The molecule has 4 rings (SSSR count). The van der Waals surface area contributed by atoms with Gasteiger partial charge in [0.25, 0.3) is 0 Å². The fraction of sp³-hybridized carbons (Fsp3) is 0.625. The van der Waals surface area contributed by atoms with Gasteiger partial charge >= 0.3 is 11.8 Å². The van der Waals surface area contributed by atoms with Crippen LogP contribution in [0.15, 0.2) is 12.1 Å². The van der Waals surface area contributed by atoms with Crippen LogP contribution in [0.2, 0.25) is 0 Å². The van der Waals surface area contributed by atoms with E-state index in [-0.39, 0.29) is 29.7 Å². The van der Waals surface area contributed by atoms with Gasteiger partial charge in [0.1, 0.15) is 11.4 Å². The lowest BCUT2D eigenvalue weighted by molar-refractivity contribution is -0.384. The molecule has 3 fully saturated rings. The number of pyridine rings is 1. The Hall–Kier alpha value is -2.58. The predicted molar refractivity (Wildman–Crippen MR) is 92.4 cm³/mol. The zero-order valence-corrected chi connectivity index (χ0v) is 14.6. The SMILES string of the molecule is CC(C)(C)OC(=O)N1CC2CCC1CN2c1ccc([N+](=O)[O-])c(N)n1. The smallest absolute Gasteiger partial charge is 0.410 e. The second-order valence-electron chi connectivity index (χ2n) is 7.50. The van der Waals surface area contributed by atoms with Gasteiger partial charge in [0, 0.05) is 25.2 Å². The van der Waals surface area contributed by atoms with Gasteiger partial charge in [-0.15, -0.1) is 0 Å². The zero-order valence-electron chi connectivity index (χ0n) is 14.6. The van der Waals surface area contributed by atoms with Crippen LogP contribution in [0.1, 0.15) is 33.6 Å². The van der Waals surface area contributed by atoms with E-state index in [1.165, 1.54) is 6.07 Å². The van der Waals surface area contributed by atoms with Crippen molar-refractivity contribution < 1.29 is 14.5 Å². The Balaban J connectivity index is 1.75. The van der Waals surface area contributed by atoms with Crippen LogP contribution in [-0.4, -0.2) is 51.7 Å². The number of rotatable bonds is 2. The molecule has 136 valence electrons. The summed E-state index contributed by atoms with van der Waals surface area (Å²) in [6.07, 6.45) is 1.55. The molecule has 1 aromatic heterocycles. The van der Waals surface area contributed by atoms with Gasteiger partial charge in [0.2, 0.25) is 5.82 Å². The quantitative estimate of drug-likeness (QED) is 0.642. The average Bonchev–Trinajstić information content (AvgIpc) is 2.53. The number of nitro groups is 1. The van der Waals surface area contributed by atoms with E-state index in [4.69, 9.17) is 10.5 Å². The Kier molecular flexibility index (Phi) is 4.18. The van der Waals surface area contributed by atoms with E-state index in [0.29, 0.717) is 18.9 Å². The summed E-state index contributed by atoms with van der Waals surface area (Å²) in [5.74, 6) is 0.523. The maximum atomic E-state index is 12.4. The zero-order chi connectivity index (χ0) is 18.4. The van der Waals surface area contributed by atoms with Gasteiger partial charge in [-0.1, -0.05) is 0 Å². The number of hydrogen-bond donors (Lipinski definition) is 1. The number of nitrogen functional groups attached to an aromatic ring is 1. The molecule has 0 saturated carbocycles. The summed E-state index contributed by atoms with van der Waals surface area (Å²) < 4.78 is 5.49. The number of piperidine rings is 2. The van der Waals surface area contributed by atoms with Crippen molar-refractivity contribution in [3.63, 3.8) is 0 Å². The maximum absolute atomic E-state index is 12.4.